The van der Waals surface area contributed by atoms with Crippen molar-refractivity contribution in [1.29, 1.82) is 0 Å². The third-order valence-corrected chi connectivity index (χ3v) is 3.79. The minimum absolute atomic E-state index is 0.00174. The molecule has 0 radical (unpaired) electrons. The molecule has 104 valence electrons. The molecule has 2 atom stereocenters. The lowest BCUT2D eigenvalue weighted by atomic mass is 9.96. The molecule has 0 saturated carbocycles. The summed E-state index contributed by atoms with van der Waals surface area (Å²) in [7, 11) is 0. The minimum Gasteiger partial charge on any atom is -0.508 e. The largest absolute Gasteiger partial charge is 0.508 e. The number of aliphatic carboxylic acids is 1. The van der Waals surface area contributed by atoms with Gasteiger partial charge < -0.3 is 15.3 Å². The summed E-state index contributed by atoms with van der Waals surface area (Å²) in [5.74, 6) is -0.811. The molecule has 0 bridgehead atoms. The maximum atomic E-state index is 11.3. The lowest BCUT2D eigenvalue weighted by molar-refractivity contribution is -0.145. The number of carboxylic acid groups (broad SMARTS) is 1. The zero-order chi connectivity index (χ0) is 14.0. The number of nitrogens with zero attached hydrogens (tertiary/aromatic N) is 1. The summed E-state index contributed by atoms with van der Waals surface area (Å²) >= 11 is 0. The molecule has 19 heavy (non-hydrogen) atoms. The first-order valence-electron chi connectivity index (χ1n) is 6.51. The van der Waals surface area contributed by atoms with Crippen molar-refractivity contribution in [2.45, 2.75) is 38.3 Å². The third-order valence-electron chi connectivity index (χ3n) is 3.79. The molecule has 0 aromatic heterocycles. The number of phenols is 2. The molecule has 1 saturated heterocycles. The normalized spacial score (nSPS) is 22.1. The summed E-state index contributed by atoms with van der Waals surface area (Å²) in [6.45, 7) is 2.59. The molecule has 1 aromatic carbocycles. The Bertz CT molecular complexity index is 475. The van der Waals surface area contributed by atoms with Crippen molar-refractivity contribution in [2.75, 3.05) is 6.54 Å². The van der Waals surface area contributed by atoms with Gasteiger partial charge in [0, 0.05) is 17.7 Å². The van der Waals surface area contributed by atoms with E-state index in [-0.39, 0.29) is 17.5 Å². The van der Waals surface area contributed by atoms with Crippen LogP contribution in [-0.2, 0) is 4.79 Å². The number of phenolic OH excluding ortho intramolecular Hbond substituents is 2. The average Bonchev–Trinajstić information content (AvgIpc) is 2.38. The predicted octanol–water partition coefficient (Wildman–Crippen LogP) is 2.10. The Labute approximate surface area is 112 Å². The Morgan fingerprint density at radius 2 is 2.11 bits per heavy atom. The van der Waals surface area contributed by atoms with E-state index in [4.69, 9.17) is 0 Å². The summed E-state index contributed by atoms with van der Waals surface area (Å²) in [5, 5.41) is 28.5. The van der Waals surface area contributed by atoms with Gasteiger partial charge in [-0.3, -0.25) is 9.69 Å². The molecule has 0 amide bonds. The van der Waals surface area contributed by atoms with Crippen molar-refractivity contribution in [3.63, 3.8) is 0 Å². The van der Waals surface area contributed by atoms with Crippen LogP contribution in [0.5, 0.6) is 11.5 Å². The molecule has 2 rings (SSSR count). The molecular formula is C14H19NO4. The third kappa shape index (κ3) is 2.81. The molecule has 1 fully saturated rings. The van der Waals surface area contributed by atoms with Crippen LogP contribution in [-0.4, -0.2) is 38.8 Å². The lowest BCUT2D eigenvalue weighted by Gasteiger charge is -2.37. The predicted molar refractivity (Wildman–Crippen MR) is 70.2 cm³/mol. The first kappa shape index (κ1) is 13.7. The fourth-order valence-corrected chi connectivity index (χ4v) is 2.75. The fraction of sp³-hybridized carbons (Fsp3) is 0.500. The van der Waals surface area contributed by atoms with Gasteiger partial charge in [-0.05, 0) is 32.4 Å². The second kappa shape index (κ2) is 5.48. The maximum Gasteiger partial charge on any atom is 0.320 e. The average molecular weight is 265 g/mol. The van der Waals surface area contributed by atoms with Crippen molar-refractivity contribution in [2.24, 2.45) is 0 Å². The summed E-state index contributed by atoms with van der Waals surface area (Å²) in [5.41, 5.74) is 0.644. The van der Waals surface area contributed by atoms with Gasteiger partial charge in [-0.1, -0.05) is 12.5 Å². The standard InChI is InChI=1S/C14H19NO4/c1-9(11-6-5-10(16)8-13(11)17)15-7-3-2-4-12(15)14(18)19/h5-6,8-9,12,16-17H,2-4,7H2,1H3,(H,18,19). The number of likely N-dealkylation sites (tertiary alicyclic amines) is 1. The van der Waals surface area contributed by atoms with Crippen molar-refractivity contribution in [1.82, 2.24) is 4.90 Å². The number of hydrogen-bond donors (Lipinski definition) is 3. The topological polar surface area (TPSA) is 81.0 Å². The van der Waals surface area contributed by atoms with Crippen LogP contribution in [0.25, 0.3) is 0 Å². The Morgan fingerprint density at radius 1 is 1.37 bits per heavy atom. The van der Waals surface area contributed by atoms with Crippen molar-refractivity contribution in [3.05, 3.63) is 23.8 Å². The Kier molecular flexibility index (Phi) is 3.95. The highest BCUT2D eigenvalue weighted by Crippen LogP contribution is 2.34. The number of carbonyl (C=O) groups is 1. The van der Waals surface area contributed by atoms with Gasteiger partial charge in [0.2, 0.25) is 0 Å². The van der Waals surface area contributed by atoms with E-state index in [1.165, 1.54) is 12.1 Å². The highest BCUT2D eigenvalue weighted by molar-refractivity contribution is 5.73. The molecule has 1 aliphatic rings. The zero-order valence-electron chi connectivity index (χ0n) is 10.9. The van der Waals surface area contributed by atoms with Crippen molar-refractivity contribution >= 4 is 5.97 Å². The monoisotopic (exact) mass is 265 g/mol. The van der Waals surface area contributed by atoms with Crippen LogP contribution in [0.2, 0.25) is 0 Å². The van der Waals surface area contributed by atoms with Crippen molar-refractivity contribution < 1.29 is 20.1 Å². The second-order valence-corrected chi connectivity index (χ2v) is 5.01. The van der Waals surface area contributed by atoms with Crippen LogP contribution in [0.4, 0.5) is 0 Å². The molecule has 5 heteroatoms. The summed E-state index contributed by atoms with van der Waals surface area (Å²) in [4.78, 5) is 13.2. The smallest absolute Gasteiger partial charge is 0.320 e. The number of rotatable bonds is 3. The minimum atomic E-state index is -0.815. The van der Waals surface area contributed by atoms with E-state index in [9.17, 15) is 20.1 Å². The van der Waals surface area contributed by atoms with Crippen LogP contribution >= 0.6 is 0 Å². The van der Waals surface area contributed by atoms with Gasteiger partial charge in [-0.25, -0.2) is 0 Å². The van der Waals surface area contributed by atoms with Crippen LogP contribution in [0, 0.1) is 0 Å². The summed E-state index contributed by atoms with van der Waals surface area (Å²) in [6, 6.07) is 3.73. The van der Waals surface area contributed by atoms with E-state index >= 15 is 0 Å². The number of aromatic hydroxyl groups is 2. The summed E-state index contributed by atoms with van der Waals surface area (Å²) in [6.07, 6.45) is 2.52. The number of carboxylic acids is 1. The Morgan fingerprint density at radius 3 is 2.74 bits per heavy atom. The molecular weight excluding hydrogens is 246 g/mol. The fourth-order valence-electron chi connectivity index (χ4n) is 2.75. The van der Waals surface area contributed by atoms with Gasteiger partial charge >= 0.3 is 5.97 Å². The van der Waals surface area contributed by atoms with E-state index < -0.39 is 12.0 Å². The van der Waals surface area contributed by atoms with Gasteiger partial charge in [0.05, 0.1) is 0 Å². The van der Waals surface area contributed by atoms with Crippen LogP contribution < -0.4 is 0 Å². The van der Waals surface area contributed by atoms with Gasteiger partial charge in [0.15, 0.2) is 0 Å². The van der Waals surface area contributed by atoms with Gasteiger partial charge in [0.1, 0.15) is 17.5 Å². The molecule has 0 aliphatic carbocycles. The number of hydrogen-bond acceptors (Lipinski definition) is 4. The Balaban J connectivity index is 2.25. The van der Waals surface area contributed by atoms with E-state index in [1.54, 1.807) is 6.07 Å². The molecule has 0 spiro atoms. The zero-order valence-corrected chi connectivity index (χ0v) is 10.9. The van der Waals surface area contributed by atoms with E-state index in [0.29, 0.717) is 18.5 Å². The first-order valence-corrected chi connectivity index (χ1v) is 6.51. The number of benzene rings is 1. The van der Waals surface area contributed by atoms with Crippen molar-refractivity contribution in [3.8, 4) is 11.5 Å². The number of piperidine rings is 1. The SMILES string of the molecule is CC(c1ccc(O)cc1O)N1CCCCC1C(=O)O. The van der Waals surface area contributed by atoms with Gasteiger partial charge in [-0.15, -0.1) is 0 Å². The van der Waals surface area contributed by atoms with E-state index in [1.807, 2.05) is 11.8 Å². The van der Waals surface area contributed by atoms with Gasteiger partial charge in [0.25, 0.3) is 0 Å². The highest BCUT2D eigenvalue weighted by Gasteiger charge is 2.32. The molecule has 1 aliphatic heterocycles. The Hall–Kier alpha value is -1.75. The van der Waals surface area contributed by atoms with Gasteiger partial charge in [-0.2, -0.15) is 0 Å². The highest BCUT2D eigenvalue weighted by atomic mass is 16.4. The lowest BCUT2D eigenvalue weighted by Crippen LogP contribution is -2.45. The molecule has 2 unspecified atom stereocenters. The van der Waals surface area contributed by atoms with Crippen LogP contribution in [0.3, 0.4) is 0 Å². The van der Waals surface area contributed by atoms with E-state index in [2.05, 4.69) is 0 Å². The van der Waals surface area contributed by atoms with Crippen LogP contribution in [0.1, 0.15) is 37.8 Å². The summed E-state index contributed by atoms with van der Waals surface area (Å²) < 4.78 is 0. The molecule has 5 nitrogen and oxygen atoms in total. The van der Waals surface area contributed by atoms with Crippen LogP contribution in [0.15, 0.2) is 18.2 Å². The van der Waals surface area contributed by atoms with E-state index in [0.717, 1.165) is 12.8 Å². The quantitative estimate of drug-likeness (QED) is 0.779. The first-order chi connectivity index (χ1) is 9.00. The molecule has 1 aromatic rings. The maximum absolute atomic E-state index is 11.3. The molecule has 1 heterocycles. The molecule has 3 N–H and O–H groups in total. The second-order valence-electron chi connectivity index (χ2n) is 5.01.